The van der Waals surface area contributed by atoms with Crippen LogP contribution in [0.3, 0.4) is 0 Å². The molecule has 1 aromatic heterocycles. The van der Waals surface area contributed by atoms with Gasteiger partial charge in [-0.1, -0.05) is 0 Å². The van der Waals surface area contributed by atoms with Crippen molar-refractivity contribution in [3.8, 4) is 17.1 Å². The lowest BCUT2D eigenvalue weighted by Gasteiger charge is -2.08. The minimum atomic E-state index is 0.148. The summed E-state index contributed by atoms with van der Waals surface area (Å²) in [5, 5.41) is 4.66. The van der Waals surface area contributed by atoms with Gasteiger partial charge in [0.2, 0.25) is 0 Å². The minimum absolute atomic E-state index is 0.148. The maximum Gasteiger partial charge on any atom is 0.181 e. The van der Waals surface area contributed by atoms with Crippen molar-refractivity contribution < 1.29 is 9.13 Å². The van der Waals surface area contributed by atoms with Crippen molar-refractivity contribution >= 4 is 0 Å². The van der Waals surface area contributed by atoms with Crippen LogP contribution in [0.25, 0.3) is 11.4 Å². The molecule has 1 aliphatic rings. The third-order valence-corrected chi connectivity index (χ3v) is 4.04. The van der Waals surface area contributed by atoms with Crippen molar-refractivity contribution in [3.05, 3.63) is 42.0 Å². The first-order valence-corrected chi connectivity index (χ1v) is 8.30. The number of benzene rings is 1. The van der Waals surface area contributed by atoms with Crippen LogP contribution in [0.5, 0.6) is 5.75 Å². The highest BCUT2D eigenvalue weighted by molar-refractivity contribution is 5.56. The quantitative estimate of drug-likeness (QED) is 0.842. The van der Waals surface area contributed by atoms with Gasteiger partial charge in [0, 0.05) is 29.6 Å². The molecule has 0 aliphatic heterocycles. The van der Waals surface area contributed by atoms with Crippen molar-refractivity contribution in [3.63, 3.8) is 0 Å². The monoisotopic (exact) mass is 330 g/mol. The molecular weight excluding hydrogens is 307 g/mol. The molecule has 0 saturated heterocycles. The molecule has 3 rings (SSSR count). The molecule has 1 saturated carbocycles. The van der Waals surface area contributed by atoms with Crippen LogP contribution >= 0.6 is 0 Å². The lowest BCUT2D eigenvalue weighted by molar-refractivity contribution is 0.347. The van der Waals surface area contributed by atoms with Gasteiger partial charge in [0.1, 0.15) is 18.2 Å². The number of nitrogens with two attached hydrogens (primary N) is 1. The van der Waals surface area contributed by atoms with E-state index in [0.29, 0.717) is 29.6 Å². The summed E-state index contributed by atoms with van der Waals surface area (Å²) in [5.74, 6) is 3.04. The van der Waals surface area contributed by atoms with Gasteiger partial charge in [0.05, 0.1) is 6.33 Å². The Bertz CT molecular complexity index is 698. The molecule has 0 radical (unpaired) electrons. The van der Waals surface area contributed by atoms with E-state index in [2.05, 4.69) is 18.9 Å². The number of rotatable bonds is 7. The van der Waals surface area contributed by atoms with Gasteiger partial charge in [-0.15, -0.1) is 0 Å². The second-order valence-electron chi connectivity index (χ2n) is 6.39. The Morgan fingerprint density at radius 2 is 2.08 bits per heavy atom. The van der Waals surface area contributed by atoms with Gasteiger partial charge in [-0.25, -0.2) is 14.1 Å². The van der Waals surface area contributed by atoms with Crippen LogP contribution in [0.4, 0.5) is 4.39 Å². The molecule has 0 unspecified atom stereocenters. The number of hydrogen-bond acceptors (Lipinski definition) is 4. The number of aromatic nitrogens is 3. The van der Waals surface area contributed by atoms with Crippen molar-refractivity contribution in [1.82, 2.24) is 14.8 Å². The molecule has 5 nitrogen and oxygen atoms in total. The Morgan fingerprint density at radius 1 is 1.38 bits per heavy atom. The predicted molar refractivity (Wildman–Crippen MR) is 91.6 cm³/mol. The van der Waals surface area contributed by atoms with E-state index >= 15 is 0 Å². The molecule has 1 aliphatic carbocycles. The molecule has 0 bridgehead atoms. The van der Waals surface area contributed by atoms with Crippen LogP contribution in [0.15, 0.2) is 36.2 Å². The summed E-state index contributed by atoms with van der Waals surface area (Å²) in [6.07, 6.45) is 2.89. The Labute approximate surface area is 141 Å². The van der Waals surface area contributed by atoms with Gasteiger partial charge >= 0.3 is 0 Å². The second kappa shape index (κ2) is 7.13. The first kappa shape index (κ1) is 16.6. The van der Waals surface area contributed by atoms with E-state index in [0.717, 1.165) is 17.2 Å². The summed E-state index contributed by atoms with van der Waals surface area (Å²) in [6.45, 7) is 4.54. The van der Waals surface area contributed by atoms with E-state index in [4.69, 9.17) is 15.5 Å². The SMILES string of the molecule is CC(C)n1nc(-c2ccc(OC/C(=C/F)CN)cc2)nc1C1CC1. The summed E-state index contributed by atoms with van der Waals surface area (Å²) in [7, 11) is 0. The molecular formula is C18H23FN4O. The zero-order chi connectivity index (χ0) is 17.1. The van der Waals surface area contributed by atoms with Crippen LogP contribution in [0.1, 0.15) is 44.5 Å². The molecule has 1 heterocycles. The lowest BCUT2D eigenvalue weighted by Crippen LogP contribution is -2.10. The zero-order valence-electron chi connectivity index (χ0n) is 14.1. The average molecular weight is 330 g/mol. The number of ether oxygens (including phenoxy) is 1. The Morgan fingerprint density at radius 3 is 2.62 bits per heavy atom. The molecule has 1 aromatic carbocycles. The maximum absolute atomic E-state index is 12.5. The molecule has 24 heavy (non-hydrogen) atoms. The van der Waals surface area contributed by atoms with Gasteiger partial charge in [0.25, 0.3) is 0 Å². The Kier molecular flexibility index (Phi) is 4.94. The molecule has 0 amide bonds. The van der Waals surface area contributed by atoms with Gasteiger partial charge < -0.3 is 10.5 Å². The fourth-order valence-electron chi connectivity index (χ4n) is 2.47. The van der Waals surface area contributed by atoms with Crippen molar-refractivity contribution in [2.75, 3.05) is 13.2 Å². The standard InChI is InChI=1S/C18H23FN4O/c1-12(2)23-18(15-3-4-15)21-17(22-23)14-5-7-16(8-6-14)24-11-13(9-19)10-20/h5-9,12,15H,3-4,10-11,20H2,1-2H3/b13-9+. The van der Waals surface area contributed by atoms with Crippen LogP contribution in [-0.2, 0) is 0 Å². The van der Waals surface area contributed by atoms with Crippen LogP contribution in [-0.4, -0.2) is 27.9 Å². The van der Waals surface area contributed by atoms with Gasteiger partial charge in [-0.2, -0.15) is 5.10 Å². The normalized spacial score (nSPS) is 15.1. The molecule has 0 spiro atoms. The molecule has 0 atom stereocenters. The summed E-state index contributed by atoms with van der Waals surface area (Å²) in [4.78, 5) is 4.73. The summed E-state index contributed by atoms with van der Waals surface area (Å²) >= 11 is 0. The Hall–Kier alpha value is -2.21. The van der Waals surface area contributed by atoms with Crippen LogP contribution in [0.2, 0.25) is 0 Å². The van der Waals surface area contributed by atoms with E-state index in [-0.39, 0.29) is 13.2 Å². The number of halogens is 1. The third-order valence-electron chi connectivity index (χ3n) is 4.04. The largest absolute Gasteiger partial charge is 0.489 e. The molecule has 6 heteroatoms. The topological polar surface area (TPSA) is 66.0 Å². The van der Waals surface area contributed by atoms with Gasteiger partial charge in [0.15, 0.2) is 5.82 Å². The Balaban J connectivity index is 1.75. The molecule has 2 aromatic rings. The van der Waals surface area contributed by atoms with E-state index in [1.807, 2.05) is 28.9 Å². The summed E-state index contributed by atoms with van der Waals surface area (Å²) in [6, 6.07) is 7.83. The third kappa shape index (κ3) is 3.64. The highest BCUT2D eigenvalue weighted by Gasteiger charge is 2.30. The highest BCUT2D eigenvalue weighted by Crippen LogP contribution is 2.40. The minimum Gasteiger partial charge on any atom is -0.489 e. The van der Waals surface area contributed by atoms with Crippen LogP contribution < -0.4 is 10.5 Å². The smallest absolute Gasteiger partial charge is 0.181 e. The fraction of sp³-hybridized carbons (Fsp3) is 0.444. The highest BCUT2D eigenvalue weighted by atomic mass is 19.1. The van der Waals surface area contributed by atoms with Crippen LogP contribution in [0, 0.1) is 0 Å². The average Bonchev–Trinajstić information content (AvgIpc) is 3.34. The predicted octanol–water partition coefficient (Wildman–Crippen LogP) is 3.59. The second-order valence-corrected chi connectivity index (χ2v) is 6.39. The zero-order valence-corrected chi connectivity index (χ0v) is 14.1. The first-order valence-electron chi connectivity index (χ1n) is 8.30. The first-order chi connectivity index (χ1) is 11.6. The summed E-state index contributed by atoms with van der Waals surface area (Å²) < 4.78 is 20.0. The molecule has 128 valence electrons. The van der Waals surface area contributed by atoms with Crippen molar-refractivity contribution in [2.45, 2.75) is 38.6 Å². The molecule has 1 fully saturated rings. The van der Waals surface area contributed by atoms with Crippen molar-refractivity contribution in [2.24, 2.45) is 5.73 Å². The van der Waals surface area contributed by atoms with Gasteiger partial charge in [-0.3, -0.25) is 0 Å². The van der Waals surface area contributed by atoms with Gasteiger partial charge in [-0.05, 0) is 51.0 Å². The molecule has 2 N–H and O–H groups in total. The van der Waals surface area contributed by atoms with E-state index in [1.54, 1.807) is 0 Å². The number of nitrogens with zero attached hydrogens (tertiary/aromatic N) is 3. The van der Waals surface area contributed by atoms with Crippen molar-refractivity contribution in [1.29, 1.82) is 0 Å². The fourth-order valence-corrected chi connectivity index (χ4v) is 2.47. The number of hydrogen-bond donors (Lipinski definition) is 1. The maximum atomic E-state index is 12.5. The van der Waals surface area contributed by atoms with E-state index < -0.39 is 0 Å². The van der Waals surface area contributed by atoms with E-state index in [1.165, 1.54) is 12.8 Å². The lowest BCUT2D eigenvalue weighted by atomic mass is 10.2. The van der Waals surface area contributed by atoms with E-state index in [9.17, 15) is 4.39 Å². The summed E-state index contributed by atoms with van der Waals surface area (Å²) in [5.41, 5.74) is 6.78.